The third kappa shape index (κ3) is 9.17. The summed E-state index contributed by atoms with van der Waals surface area (Å²) in [5, 5.41) is 5.72. The lowest BCUT2D eigenvalue weighted by Gasteiger charge is -2.31. The third-order valence-electron chi connectivity index (χ3n) is 12.1. The molecule has 5 atom stereocenters. The fourth-order valence-electron chi connectivity index (χ4n) is 8.33. The number of amides is 4. The molecule has 9 rings (SSSR count). The summed E-state index contributed by atoms with van der Waals surface area (Å²) in [6.45, 7) is 3.83. The molecule has 18 heteroatoms. The van der Waals surface area contributed by atoms with Crippen molar-refractivity contribution in [2.45, 2.75) is 98.2 Å². The molecule has 6 heterocycles. The molecular formula is C46H47N7O8S3. The number of pyridine rings is 1. The summed E-state index contributed by atoms with van der Waals surface area (Å²) in [7, 11) is -4.37. The number of carbonyl (C=O) groups is 4. The zero-order valence-electron chi connectivity index (χ0n) is 34.8. The highest BCUT2D eigenvalue weighted by atomic mass is 32.2. The Hall–Kier alpha value is -5.98. The molecule has 1 aromatic carbocycles. The van der Waals surface area contributed by atoms with Gasteiger partial charge in [0.2, 0.25) is 17.7 Å². The molecular weight excluding hydrogens is 875 g/mol. The Balaban J connectivity index is 1.02. The fourth-order valence-corrected chi connectivity index (χ4v) is 11.5. The standard InChI is InChI=1S/C46H47N7O8S3/c1-2-31-20-21-38(62-31)40-42(49-33-17-9-8-16-32(33)48-40)60-30-25-36-41(54)51-46(44(56)52-64(58,59)39-23-22-37(63-39)34-18-10-11-24-47-34)26-28(46)13-6-4-3-5-7-19-35(43(55)53(36)27-30)50-45(57)61-29-14-12-15-29/h2,6,8-11,13,16-18,20-24,28-30,35-36H,1,3-5,7,12,14-15,19,25-27H2,(H,50,57)(H,51,54)(H,52,56)/b13-6-/t28?,30-,35+,36+,46-/m1/s1. The minimum absolute atomic E-state index is 0.00485. The molecule has 4 aromatic heterocycles. The summed E-state index contributed by atoms with van der Waals surface area (Å²) >= 11 is 2.43. The Morgan fingerprint density at radius 2 is 1.70 bits per heavy atom. The minimum atomic E-state index is -4.37. The van der Waals surface area contributed by atoms with E-state index in [2.05, 4.69) is 26.9 Å². The van der Waals surface area contributed by atoms with Gasteiger partial charge in [0, 0.05) is 23.4 Å². The summed E-state index contributed by atoms with van der Waals surface area (Å²) in [5.41, 5.74) is 0.685. The predicted octanol–water partition coefficient (Wildman–Crippen LogP) is 7.02. The normalized spacial score (nSPS) is 24.5. The van der Waals surface area contributed by atoms with Crippen molar-refractivity contribution >= 4 is 73.6 Å². The van der Waals surface area contributed by atoms with Gasteiger partial charge in [-0.2, -0.15) is 0 Å². The van der Waals surface area contributed by atoms with Gasteiger partial charge in [-0.05, 0) is 93.5 Å². The zero-order chi connectivity index (χ0) is 44.4. The number of thiophene rings is 2. The molecule has 332 valence electrons. The molecule has 2 saturated carbocycles. The van der Waals surface area contributed by atoms with Gasteiger partial charge in [0.1, 0.15) is 39.7 Å². The molecule has 1 unspecified atom stereocenters. The molecule has 0 radical (unpaired) electrons. The molecule has 15 nitrogen and oxygen atoms in total. The number of para-hydroxylation sites is 2. The van der Waals surface area contributed by atoms with Crippen LogP contribution >= 0.6 is 22.7 Å². The van der Waals surface area contributed by atoms with Crippen molar-refractivity contribution in [1.82, 2.24) is 35.2 Å². The van der Waals surface area contributed by atoms with Crippen LogP contribution in [-0.4, -0.2) is 88.5 Å². The number of allylic oxidation sites excluding steroid dienone is 1. The van der Waals surface area contributed by atoms with Crippen molar-refractivity contribution < 1.29 is 37.1 Å². The smallest absolute Gasteiger partial charge is 0.408 e. The van der Waals surface area contributed by atoms with Crippen molar-refractivity contribution in [3.05, 3.63) is 96.5 Å². The van der Waals surface area contributed by atoms with Crippen LogP contribution in [0.1, 0.15) is 69.1 Å². The highest BCUT2D eigenvalue weighted by Gasteiger charge is 2.62. The van der Waals surface area contributed by atoms with E-state index in [1.165, 1.54) is 22.3 Å². The molecule has 64 heavy (non-hydrogen) atoms. The summed E-state index contributed by atoms with van der Waals surface area (Å²) in [5.74, 6) is -2.36. The number of alkyl carbamates (subject to hydrolysis) is 1. The summed E-state index contributed by atoms with van der Waals surface area (Å²) < 4.78 is 41.9. The SMILES string of the molecule is C=Cc1ccc(-c2nc3ccccc3nc2O[C@@H]2C[C@H]3C(=O)N[C@]4(C(=O)NS(=O)(=O)c5ccc(-c6ccccn6)s5)CC4/C=C\CCCCC[C@H](NC(=O)OC4CCC4)C(=O)N3C2)s1. The Kier molecular flexibility index (Phi) is 12.3. The van der Waals surface area contributed by atoms with Crippen molar-refractivity contribution in [3.63, 3.8) is 0 Å². The fraction of sp³-hybridized carbons (Fsp3) is 0.370. The first kappa shape index (κ1) is 43.3. The van der Waals surface area contributed by atoms with Gasteiger partial charge in [0.25, 0.3) is 15.9 Å². The number of hydrogen-bond donors (Lipinski definition) is 3. The van der Waals surface area contributed by atoms with Gasteiger partial charge in [-0.3, -0.25) is 19.4 Å². The molecule has 5 aromatic rings. The van der Waals surface area contributed by atoms with E-state index in [9.17, 15) is 27.6 Å². The number of aromatic nitrogens is 3. The first-order chi connectivity index (χ1) is 31.0. The largest absolute Gasteiger partial charge is 0.471 e. The van der Waals surface area contributed by atoms with Crippen LogP contribution in [0, 0.1) is 5.92 Å². The minimum Gasteiger partial charge on any atom is -0.471 e. The molecule has 0 spiro atoms. The number of hydrogen-bond acceptors (Lipinski definition) is 13. The Morgan fingerprint density at radius 1 is 0.906 bits per heavy atom. The second kappa shape index (κ2) is 18.3. The van der Waals surface area contributed by atoms with E-state index >= 15 is 0 Å². The predicted molar refractivity (Wildman–Crippen MR) is 243 cm³/mol. The van der Waals surface area contributed by atoms with E-state index in [-0.39, 0.29) is 35.6 Å². The number of carbonyl (C=O) groups excluding carboxylic acids is 4. The van der Waals surface area contributed by atoms with E-state index in [4.69, 9.17) is 19.4 Å². The second-order valence-corrected chi connectivity index (χ2v) is 20.6. The first-order valence-corrected chi connectivity index (χ1v) is 24.6. The average Bonchev–Trinajstić information content (AvgIpc) is 3.73. The lowest BCUT2D eigenvalue weighted by atomic mass is 9.96. The maximum atomic E-state index is 14.8. The molecule has 4 amide bonds. The van der Waals surface area contributed by atoms with E-state index in [1.807, 2.05) is 48.6 Å². The second-order valence-electron chi connectivity index (χ2n) is 16.5. The monoisotopic (exact) mass is 921 g/mol. The van der Waals surface area contributed by atoms with Crippen LogP contribution in [0.5, 0.6) is 5.88 Å². The van der Waals surface area contributed by atoms with Crippen molar-refractivity contribution in [3.8, 4) is 27.0 Å². The van der Waals surface area contributed by atoms with Gasteiger partial charge >= 0.3 is 6.09 Å². The molecule has 3 N–H and O–H groups in total. The van der Waals surface area contributed by atoms with Crippen LogP contribution in [0.15, 0.2) is 95.9 Å². The number of ether oxygens (including phenoxy) is 2. The van der Waals surface area contributed by atoms with Gasteiger partial charge in [-0.15, -0.1) is 22.7 Å². The Labute approximate surface area is 378 Å². The third-order valence-corrected chi connectivity index (χ3v) is 16.1. The average molecular weight is 922 g/mol. The summed E-state index contributed by atoms with van der Waals surface area (Å²) in [4.78, 5) is 74.8. The molecule has 1 saturated heterocycles. The van der Waals surface area contributed by atoms with Gasteiger partial charge < -0.3 is 25.0 Å². The molecule has 2 aliphatic carbocycles. The van der Waals surface area contributed by atoms with Crippen LogP contribution in [0.25, 0.3) is 38.3 Å². The van der Waals surface area contributed by atoms with Crippen molar-refractivity contribution in [1.29, 1.82) is 0 Å². The molecule has 3 fully saturated rings. The van der Waals surface area contributed by atoms with E-state index in [0.717, 1.165) is 53.2 Å². The van der Waals surface area contributed by atoms with Gasteiger partial charge in [-0.25, -0.2) is 27.9 Å². The van der Waals surface area contributed by atoms with Gasteiger partial charge in [0.05, 0.1) is 33.0 Å². The Morgan fingerprint density at radius 3 is 2.45 bits per heavy atom. The van der Waals surface area contributed by atoms with Crippen LogP contribution < -0.4 is 20.1 Å². The number of nitrogens with one attached hydrogen (secondary N) is 3. The van der Waals surface area contributed by atoms with Crippen LogP contribution in [0.3, 0.4) is 0 Å². The topological polar surface area (TPSA) is 199 Å². The number of nitrogens with zero attached hydrogens (tertiary/aromatic N) is 4. The maximum absolute atomic E-state index is 14.8. The highest BCUT2D eigenvalue weighted by molar-refractivity contribution is 7.92. The lowest BCUT2D eigenvalue weighted by molar-refractivity contribution is -0.141. The van der Waals surface area contributed by atoms with Crippen LogP contribution in [-0.2, 0) is 29.1 Å². The van der Waals surface area contributed by atoms with E-state index < -0.39 is 63.5 Å². The maximum Gasteiger partial charge on any atom is 0.408 e. The number of sulfonamides is 1. The zero-order valence-corrected chi connectivity index (χ0v) is 37.3. The molecule has 0 bridgehead atoms. The summed E-state index contributed by atoms with van der Waals surface area (Å²) in [6.07, 6.45) is 11.1. The number of rotatable bonds is 10. The molecule has 2 aliphatic heterocycles. The lowest BCUT2D eigenvalue weighted by Crippen LogP contribution is -2.58. The van der Waals surface area contributed by atoms with Gasteiger partial charge in [-0.1, -0.05) is 55.8 Å². The summed E-state index contributed by atoms with van der Waals surface area (Å²) in [6, 6.07) is 17.4. The van der Waals surface area contributed by atoms with E-state index in [1.54, 1.807) is 36.5 Å². The van der Waals surface area contributed by atoms with Crippen molar-refractivity contribution in [2.24, 2.45) is 5.92 Å². The number of fused-ring (bicyclic) bond motifs is 3. The molecule has 4 aliphatic rings. The number of benzene rings is 1. The highest BCUT2D eigenvalue weighted by Crippen LogP contribution is 2.46. The van der Waals surface area contributed by atoms with Crippen LogP contribution in [0.4, 0.5) is 4.79 Å². The van der Waals surface area contributed by atoms with E-state index in [0.29, 0.717) is 46.6 Å². The quantitative estimate of drug-likeness (QED) is 0.122. The van der Waals surface area contributed by atoms with Gasteiger partial charge in [0.15, 0.2) is 0 Å². The first-order valence-electron chi connectivity index (χ1n) is 21.5. The Bertz CT molecular complexity index is 2740. The van der Waals surface area contributed by atoms with Crippen molar-refractivity contribution in [2.75, 3.05) is 6.54 Å². The van der Waals surface area contributed by atoms with Crippen LogP contribution in [0.2, 0.25) is 0 Å².